The van der Waals surface area contributed by atoms with E-state index in [4.69, 9.17) is 11.6 Å². The lowest BCUT2D eigenvalue weighted by Crippen LogP contribution is -1.52. The number of allylic oxidation sites excluding steroid dienone is 1. The number of alkyl halides is 1. The molecule has 0 aliphatic rings. The molecule has 0 amide bonds. The molecule has 0 bridgehead atoms. The first-order valence-electron chi connectivity index (χ1n) is 1.24. The molecule has 0 atom stereocenters. The Labute approximate surface area is 35.9 Å². The second-order valence-corrected chi connectivity index (χ2v) is 0.835. The van der Waals surface area contributed by atoms with Crippen molar-refractivity contribution in [2.45, 2.75) is 0 Å². The Kier molecular flexibility index (Phi) is 3.70. The third-order valence-corrected chi connectivity index (χ3v) is 0.363. The van der Waals surface area contributed by atoms with E-state index in [2.05, 4.69) is 0 Å². The van der Waals surface area contributed by atoms with Gasteiger partial charge in [-0.15, -0.1) is 11.6 Å². The van der Waals surface area contributed by atoms with E-state index >= 15 is 0 Å². The Balaban J connectivity index is 2.62. The first-order valence-corrected chi connectivity index (χ1v) is 1.78. The fourth-order valence-corrected chi connectivity index (χ4v) is 0.109. The predicted octanol–water partition coefficient (Wildman–Crippen LogP) is 1.17. The van der Waals surface area contributed by atoms with Crippen LogP contribution >= 0.6 is 11.6 Å². The number of hydrogen-bond donors (Lipinski definition) is 0. The van der Waals surface area contributed by atoms with Crippen molar-refractivity contribution < 1.29 is 5.11 Å². The molecule has 0 heterocycles. The Morgan fingerprint density at radius 1 is 1.80 bits per heavy atom. The third kappa shape index (κ3) is 3.83. The molecule has 0 saturated heterocycles. The van der Waals surface area contributed by atoms with E-state index in [0.29, 0.717) is 12.1 Å². The van der Waals surface area contributed by atoms with Crippen LogP contribution < -0.4 is 0 Å². The van der Waals surface area contributed by atoms with Gasteiger partial charge in [-0.2, -0.15) is 0 Å². The summed E-state index contributed by atoms with van der Waals surface area (Å²) in [6.07, 6.45) is 2.01. The van der Waals surface area contributed by atoms with Crippen LogP contribution in [0.2, 0.25) is 0 Å². The highest BCUT2D eigenvalue weighted by Gasteiger charge is 1.58. The third-order valence-electron chi connectivity index (χ3n) is 0.185. The zero-order chi connectivity index (χ0) is 4.12. The van der Waals surface area contributed by atoms with Crippen molar-refractivity contribution in [2.75, 3.05) is 5.88 Å². The Bertz CT molecular complexity index is 33.9. The summed E-state index contributed by atoms with van der Waals surface area (Å²) in [5.41, 5.74) is 0. The van der Waals surface area contributed by atoms with Gasteiger partial charge in [0.25, 0.3) is 0 Å². The maximum Gasteiger partial charge on any atom is 0.140 e. The minimum atomic E-state index is 0.323. The van der Waals surface area contributed by atoms with E-state index in [-0.39, 0.29) is 0 Å². The maximum absolute atomic E-state index is 9.26. The molecule has 1 radical (unpaired) electrons. The molecule has 29 valence electrons. The number of hydrogen-bond acceptors (Lipinski definition) is 0. The Hall–Kier alpha value is -0.170. The van der Waals surface area contributed by atoms with Crippen molar-refractivity contribution in [1.82, 2.24) is 0 Å². The van der Waals surface area contributed by atoms with Crippen molar-refractivity contribution in [1.29, 1.82) is 0 Å². The molecule has 5 heavy (non-hydrogen) atoms. The van der Waals surface area contributed by atoms with Gasteiger partial charge in [0.15, 0.2) is 0 Å². The van der Waals surface area contributed by atoms with Crippen LogP contribution in [-0.2, 0) is 5.11 Å². The zero-order valence-corrected chi connectivity index (χ0v) is 3.40. The van der Waals surface area contributed by atoms with Crippen molar-refractivity contribution in [3.63, 3.8) is 0 Å². The van der Waals surface area contributed by atoms with Crippen LogP contribution in [0.5, 0.6) is 0 Å². The molecule has 0 fully saturated rings. The van der Waals surface area contributed by atoms with Crippen LogP contribution in [0, 0.1) is 0 Å². The second kappa shape index (κ2) is 3.83. The topological polar surface area (TPSA) is 19.9 Å². The first kappa shape index (κ1) is 4.83. The summed E-state index contributed by atoms with van der Waals surface area (Å²) in [4.78, 5) is 0. The zero-order valence-electron chi connectivity index (χ0n) is 2.65. The molecule has 1 nitrogen and oxygen atoms in total. The number of rotatable bonds is 1. The normalized spacial score (nSPS) is 9.80. The van der Waals surface area contributed by atoms with Gasteiger partial charge in [-0.3, -0.25) is 5.11 Å². The summed E-state index contributed by atoms with van der Waals surface area (Å²) in [5.74, 6) is 0.323. The highest BCUT2D eigenvalue weighted by Crippen LogP contribution is 1.72. The van der Waals surface area contributed by atoms with Gasteiger partial charge in [-0.1, -0.05) is 0 Å². The molecule has 0 aliphatic heterocycles. The van der Waals surface area contributed by atoms with Crippen LogP contribution in [0.25, 0.3) is 0 Å². The second-order valence-electron chi connectivity index (χ2n) is 0.526. The first-order chi connectivity index (χ1) is 2.41. The summed E-state index contributed by atoms with van der Waals surface area (Å²) in [5, 5.41) is 9.26. The van der Waals surface area contributed by atoms with Crippen LogP contribution in [0.15, 0.2) is 12.3 Å². The van der Waals surface area contributed by atoms with Crippen molar-refractivity contribution >= 4 is 11.6 Å². The van der Waals surface area contributed by atoms with Crippen molar-refractivity contribution in [3.05, 3.63) is 12.3 Å². The van der Waals surface area contributed by atoms with E-state index in [0.717, 1.165) is 0 Å². The average molecular weight is 91.5 g/mol. The van der Waals surface area contributed by atoms with Gasteiger partial charge >= 0.3 is 0 Å². The lowest BCUT2D eigenvalue weighted by atomic mass is 10.7. The Morgan fingerprint density at radius 2 is 2.40 bits per heavy atom. The lowest BCUT2D eigenvalue weighted by Gasteiger charge is -1.59. The van der Waals surface area contributed by atoms with E-state index in [1.165, 1.54) is 6.08 Å². The van der Waals surface area contributed by atoms with Crippen LogP contribution in [0.4, 0.5) is 0 Å². The summed E-state index contributed by atoms with van der Waals surface area (Å²) in [6, 6.07) is 0. The molecule has 0 spiro atoms. The standard InChI is InChI=1S/C3H4ClO/c4-2-1-3-5/h1,3H,2H2/b3-1-. The molecule has 2 heteroatoms. The van der Waals surface area contributed by atoms with Gasteiger partial charge < -0.3 is 0 Å². The van der Waals surface area contributed by atoms with Crippen LogP contribution in [0.1, 0.15) is 0 Å². The fraction of sp³-hybridized carbons (Fsp3) is 0.333. The molecular formula is C3H4ClO. The quantitative estimate of drug-likeness (QED) is 0.341. The minimum absolute atomic E-state index is 0.323. The molecular weight excluding hydrogens is 87.5 g/mol. The maximum atomic E-state index is 9.26. The number of halogens is 1. The molecule has 0 aromatic rings. The molecule has 0 aromatic carbocycles. The predicted molar refractivity (Wildman–Crippen MR) is 20.5 cm³/mol. The van der Waals surface area contributed by atoms with E-state index in [1.807, 2.05) is 0 Å². The largest absolute Gasteiger partial charge is 0.299 e. The Morgan fingerprint density at radius 3 is 2.40 bits per heavy atom. The minimum Gasteiger partial charge on any atom is -0.299 e. The molecule has 0 N–H and O–H groups in total. The van der Waals surface area contributed by atoms with Gasteiger partial charge in [-0.25, -0.2) is 0 Å². The van der Waals surface area contributed by atoms with Gasteiger partial charge in [-0.05, 0) is 6.08 Å². The highest BCUT2D eigenvalue weighted by atomic mass is 35.5. The smallest absolute Gasteiger partial charge is 0.140 e. The van der Waals surface area contributed by atoms with Crippen LogP contribution in [-0.4, -0.2) is 5.88 Å². The van der Waals surface area contributed by atoms with Gasteiger partial charge in [0.1, 0.15) is 6.26 Å². The van der Waals surface area contributed by atoms with Gasteiger partial charge in [0, 0.05) is 5.88 Å². The monoisotopic (exact) mass is 91.0 g/mol. The molecule has 0 rings (SSSR count). The summed E-state index contributed by atoms with van der Waals surface area (Å²) < 4.78 is 0. The summed E-state index contributed by atoms with van der Waals surface area (Å²) in [7, 11) is 0. The summed E-state index contributed by atoms with van der Waals surface area (Å²) in [6.45, 7) is 0. The van der Waals surface area contributed by atoms with Crippen molar-refractivity contribution in [3.8, 4) is 0 Å². The molecule has 0 unspecified atom stereocenters. The van der Waals surface area contributed by atoms with E-state index in [9.17, 15) is 5.11 Å². The van der Waals surface area contributed by atoms with Gasteiger partial charge in [0.2, 0.25) is 0 Å². The molecule has 0 aliphatic carbocycles. The average Bonchev–Trinajstić information content (AvgIpc) is 1.41. The lowest BCUT2D eigenvalue weighted by molar-refractivity contribution is 0.351. The van der Waals surface area contributed by atoms with Crippen LogP contribution in [0.3, 0.4) is 0 Å². The summed E-state index contributed by atoms with van der Waals surface area (Å²) >= 11 is 5.01. The molecule has 0 aromatic heterocycles. The van der Waals surface area contributed by atoms with Crippen molar-refractivity contribution in [2.24, 2.45) is 0 Å². The van der Waals surface area contributed by atoms with Gasteiger partial charge in [0.05, 0.1) is 0 Å². The van der Waals surface area contributed by atoms with E-state index < -0.39 is 0 Å². The molecule has 0 saturated carbocycles. The SMILES string of the molecule is [O]/C=C\CCl. The highest BCUT2D eigenvalue weighted by molar-refractivity contribution is 6.18. The van der Waals surface area contributed by atoms with E-state index in [1.54, 1.807) is 0 Å². The fourth-order valence-electron chi connectivity index (χ4n) is 0.0364.